The van der Waals surface area contributed by atoms with Gasteiger partial charge < -0.3 is 10.1 Å². The Balaban J connectivity index is 1.70. The van der Waals surface area contributed by atoms with Crippen LogP contribution in [0.4, 0.5) is 11.4 Å². The predicted molar refractivity (Wildman–Crippen MR) is 132 cm³/mol. The molecule has 0 saturated carbocycles. The van der Waals surface area contributed by atoms with Crippen molar-refractivity contribution in [3.63, 3.8) is 0 Å². The Bertz CT molecular complexity index is 1210. The van der Waals surface area contributed by atoms with E-state index in [9.17, 15) is 9.59 Å². The van der Waals surface area contributed by atoms with Gasteiger partial charge in [0.05, 0.1) is 17.9 Å². The third kappa shape index (κ3) is 4.67. The normalized spacial score (nSPS) is 13.8. The molecular weight excluding hydrogens is 412 g/mol. The summed E-state index contributed by atoms with van der Waals surface area (Å²) in [6.45, 7) is 8.76. The molecule has 168 valence electrons. The number of hydrogen-bond donors (Lipinski definition) is 1. The summed E-state index contributed by atoms with van der Waals surface area (Å²) in [5.74, 6) is 0.378. The molecule has 1 aliphatic heterocycles. The van der Waals surface area contributed by atoms with Crippen LogP contribution < -0.4 is 15.0 Å². The van der Waals surface area contributed by atoms with E-state index in [1.54, 1.807) is 24.3 Å². The number of carbonyl (C=O) groups is 2. The van der Waals surface area contributed by atoms with Crippen molar-refractivity contribution in [2.45, 2.75) is 27.7 Å². The second-order valence-corrected chi connectivity index (χ2v) is 8.70. The van der Waals surface area contributed by atoms with E-state index in [1.165, 1.54) is 4.90 Å². The van der Waals surface area contributed by atoms with Gasteiger partial charge in [0.1, 0.15) is 11.4 Å². The first kappa shape index (κ1) is 22.3. The van der Waals surface area contributed by atoms with Crippen LogP contribution in [0.15, 0.2) is 78.5 Å². The number of imide groups is 1. The number of carbonyl (C=O) groups excluding carboxylic acids is 2. The fraction of sp³-hybridized carbons (Fsp3) is 0.214. The van der Waals surface area contributed by atoms with E-state index in [1.807, 2.05) is 62.4 Å². The summed E-state index contributed by atoms with van der Waals surface area (Å²) in [6.07, 6.45) is 0. The number of benzene rings is 3. The van der Waals surface area contributed by atoms with Gasteiger partial charge in [-0.25, -0.2) is 4.90 Å². The molecule has 5 heteroatoms. The number of aryl methyl sites for hydroxylation is 2. The van der Waals surface area contributed by atoms with Crippen molar-refractivity contribution >= 4 is 28.8 Å². The van der Waals surface area contributed by atoms with Gasteiger partial charge in [0.15, 0.2) is 0 Å². The van der Waals surface area contributed by atoms with E-state index >= 15 is 0 Å². The molecule has 3 aromatic carbocycles. The lowest BCUT2D eigenvalue weighted by Crippen LogP contribution is -2.32. The summed E-state index contributed by atoms with van der Waals surface area (Å²) in [7, 11) is 0. The van der Waals surface area contributed by atoms with Gasteiger partial charge in [-0.2, -0.15) is 0 Å². The molecule has 0 atom stereocenters. The molecule has 0 spiro atoms. The van der Waals surface area contributed by atoms with E-state index in [2.05, 4.69) is 19.2 Å². The highest BCUT2D eigenvalue weighted by atomic mass is 16.5. The number of ether oxygens (including phenoxy) is 1. The lowest BCUT2D eigenvalue weighted by molar-refractivity contribution is -0.120. The number of anilines is 2. The van der Waals surface area contributed by atoms with Crippen molar-refractivity contribution < 1.29 is 14.3 Å². The van der Waals surface area contributed by atoms with Crippen molar-refractivity contribution in [2.24, 2.45) is 5.92 Å². The molecule has 0 bridgehead atoms. The van der Waals surface area contributed by atoms with Gasteiger partial charge >= 0.3 is 0 Å². The molecule has 1 heterocycles. The van der Waals surface area contributed by atoms with E-state index in [-0.39, 0.29) is 17.5 Å². The third-order valence-corrected chi connectivity index (χ3v) is 5.47. The second kappa shape index (κ2) is 9.33. The lowest BCUT2D eigenvalue weighted by Gasteiger charge is -2.17. The van der Waals surface area contributed by atoms with Crippen molar-refractivity contribution in [1.29, 1.82) is 0 Å². The molecule has 0 aromatic heterocycles. The van der Waals surface area contributed by atoms with Gasteiger partial charge in [-0.15, -0.1) is 0 Å². The Morgan fingerprint density at radius 2 is 1.58 bits per heavy atom. The molecule has 0 aliphatic carbocycles. The number of rotatable bonds is 7. The van der Waals surface area contributed by atoms with Gasteiger partial charge in [-0.3, -0.25) is 9.59 Å². The smallest absolute Gasteiger partial charge is 0.282 e. The minimum atomic E-state index is -0.380. The van der Waals surface area contributed by atoms with Crippen LogP contribution in [0.25, 0.3) is 5.57 Å². The maximum atomic E-state index is 13.5. The molecule has 4 rings (SSSR count). The first-order valence-electron chi connectivity index (χ1n) is 11.1. The zero-order valence-corrected chi connectivity index (χ0v) is 19.4. The van der Waals surface area contributed by atoms with Gasteiger partial charge in [-0.05, 0) is 61.2 Å². The fourth-order valence-corrected chi connectivity index (χ4v) is 3.80. The van der Waals surface area contributed by atoms with Crippen LogP contribution in [0.1, 0.15) is 30.5 Å². The summed E-state index contributed by atoms with van der Waals surface area (Å²) in [5.41, 5.74) is 4.77. The number of amides is 2. The largest absolute Gasteiger partial charge is 0.493 e. The standard InChI is InChI=1S/C28H28N2O3/c1-18(2)17-33-23-13-11-22(12-14-23)30-27(31)25(21-8-6-5-7-9-21)26(28(30)32)29-24-15-10-19(3)16-20(24)4/h5-16,18,29H,17H2,1-4H3. The van der Waals surface area contributed by atoms with E-state index in [0.717, 1.165) is 16.8 Å². The van der Waals surface area contributed by atoms with E-state index < -0.39 is 0 Å². The van der Waals surface area contributed by atoms with Crippen LogP contribution in [-0.2, 0) is 9.59 Å². The Morgan fingerprint density at radius 1 is 0.879 bits per heavy atom. The van der Waals surface area contributed by atoms with Gasteiger partial charge in [-0.1, -0.05) is 61.9 Å². The zero-order valence-electron chi connectivity index (χ0n) is 19.4. The minimum absolute atomic E-state index is 0.276. The maximum absolute atomic E-state index is 13.5. The average molecular weight is 441 g/mol. The van der Waals surface area contributed by atoms with Gasteiger partial charge in [0, 0.05) is 5.69 Å². The highest BCUT2D eigenvalue weighted by molar-refractivity contribution is 6.46. The van der Waals surface area contributed by atoms with E-state index in [0.29, 0.717) is 35.1 Å². The van der Waals surface area contributed by atoms with Crippen LogP contribution >= 0.6 is 0 Å². The fourth-order valence-electron chi connectivity index (χ4n) is 3.80. The first-order valence-corrected chi connectivity index (χ1v) is 11.1. The molecule has 5 nitrogen and oxygen atoms in total. The third-order valence-electron chi connectivity index (χ3n) is 5.47. The quantitative estimate of drug-likeness (QED) is 0.476. The first-order chi connectivity index (χ1) is 15.8. The SMILES string of the molecule is Cc1ccc(NC2=C(c3ccccc3)C(=O)N(c3ccc(OCC(C)C)cc3)C2=O)c(C)c1. The molecule has 0 saturated heterocycles. The molecule has 0 unspecified atom stereocenters. The van der Waals surface area contributed by atoms with Crippen molar-refractivity contribution in [2.75, 3.05) is 16.8 Å². The highest BCUT2D eigenvalue weighted by Crippen LogP contribution is 2.35. The molecule has 1 aliphatic rings. The van der Waals surface area contributed by atoms with Crippen molar-refractivity contribution in [1.82, 2.24) is 0 Å². The second-order valence-electron chi connectivity index (χ2n) is 8.70. The number of hydrogen-bond acceptors (Lipinski definition) is 4. The lowest BCUT2D eigenvalue weighted by atomic mass is 10.0. The predicted octanol–water partition coefficient (Wildman–Crippen LogP) is 5.73. The molecule has 1 N–H and O–H groups in total. The Kier molecular flexibility index (Phi) is 6.31. The Morgan fingerprint density at radius 3 is 2.21 bits per heavy atom. The highest BCUT2D eigenvalue weighted by Gasteiger charge is 2.40. The number of nitrogens with zero attached hydrogens (tertiary/aromatic N) is 1. The molecule has 0 radical (unpaired) electrons. The summed E-state index contributed by atoms with van der Waals surface area (Å²) in [6, 6.07) is 22.3. The Hall–Kier alpha value is -3.86. The Labute approximate surface area is 194 Å². The van der Waals surface area contributed by atoms with Gasteiger partial charge in [0.25, 0.3) is 11.8 Å². The van der Waals surface area contributed by atoms with Crippen LogP contribution in [0, 0.1) is 19.8 Å². The van der Waals surface area contributed by atoms with Crippen LogP contribution in [0.2, 0.25) is 0 Å². The summed E-state index contributed by atoms with van der Waals surface area (Å²) >= 11 is 0. The molecule has 33 heavy (non-hydrogen) atoms. The number of nitrogens with one attached hydrogen (secondary N) is 1. The van der Waals surface area contributed by atoms with Crippen LogP contribution in [0.3, 0.4) is 0 Å². The summed E-state index contributed by atoms with van der Waals surface area (Å²) in [5, 5.41) is 3.25. The summed E-state index contributed by atoms with van der Waals surface area (Å²) in [4.78, 5) is 28.3. The molecule has 0 fully saturated rings. The van der Waals surface area contributed by atoms with Crippen LogP contribution in [0.5, 0.6) is 5.75 Å². The van der Waals surface area contributed by atoms with Crippen molar-refractivity contribution in [3.05, 3.63) is 95.2 Å². The van der Waals surface area contributed by atoms with Gasteiger partial charge in [0.2, 0.25) is 0 Å². The zero-order chi connectivity index (χ0) is 23.5. The molecule has 3 aromatic rings. The van der Waals surface area contributed by atoms with E-state index in [4.69, 9.17) is 4.74 Å². The minimum Gasteiger partial charge on any atom is -0.493 e. The monoisotopic (exact) mass is 440 g/mol. The molecular formula is C28H28N2O3. The molecule has 2 amide bonds. The van der Waals surface area contributed by atoms with Crippen LogP contribution in [-0.4, -0.2) is 18.4 Å². The summed E-state index contributed by atoms with van der Waals surface area (Å²) < 4.78 is 5.74. The maximum Gasteiger partial charge on any atom is 0.282 e. The average Bonchev–Trinajstić information content (AvgIpc) is 3.04. The van der Waals surface area contributed by atoms with Crippen molar-refractivity contribution in [3.8, 4) is 5.75 Å². The topological polar surface area (TPSA) is 58.6 Å².